The van der Waals surface area contributed by atoms with Gasteiger partial charge in [0.15, 0.2) is 0 Å². The van der Waals surface area contributed by atoms with Crippen LogP contribution in [0.25, 0.3) is 5.78 Å². The highest BCUT2D eigenvalue weighted by Crippen LogP contribution is 2.20. The molecule has 1 aliphatic rings. The first kappa shape index (κ1) is 9.53. The van der Waals surface area contributed by atoms with Gasteiger partial charge in [0.05, 0.1) is 0 Å². The van der Waals surface area contributed by atoms with Gasteiger partial charge < -0.3 is 10.6 Å². The number of nitrogens with zero attached hydrogens (tertiary/aromatic N) is 5. The minimum absolute atomic E-state index is 0.264. The molecule has 3 rings (SSSR count). The van der Waals surface area contributed by atoms with Crippen LogP contribution in [0.4, 0.5) is 5.82 Å². The molecule has 84 valence electrons. The van der Waals surface area contributed by atoms with Crippen molar-refractivity contribution >= 4 is 11.6 Å². The van der Waals surface area contributed by atoms with Crippen LogP contribution in [0.2, 0.25) is 0 Å². The largest absolute Gasteiger partial charge is 0.356 e. The van der Waals surface area contributed by atoms with Crippen molar-refractivity contribution in [2.24, 2.45) is 5.73 Å². The molecule has 2 aromatic heterocycles. The van der Waals surface area contributed by atoms with Gasteiger partial charge in [-0.15, -0.1) is 10.2 Å². The molecule has 1 aliphatic heterocycles. The van der Waals surface area contributed by atoms with Gasteiger partial charge in [-0.2, -0.15) is 0 Å². The van der Waals surface area contributed by atoms with Crippen LogP contribution in [0.15, 0.2) is 12.4 Å². The van der Waals surface area contributed by atoms with E-state index in [1.54, 1.807) is 6.33 Å². The molecule has 16 heavy (non-hydrogen) atoms. The SMILES string of the molecule is Cc1cc(N2CC[C@@H](N)C2)n2cnnc2n1. The molecule has 0 radical (unpaired) electrons. The van der Waals surface area contributed by atoms with Crippen LogP contribution >= 0.6 is 0 Å². The van der Waals surface area contributed by atoms with Crippen molar-refractivity contribution in [2.75, 3.05) is 18.0 Å². The van der Waals surface area contributed by atoms with E-state index >= 15 is 0 Å². The maximum absolute atomic E-state index is 5.92. The number of anilines is 1. The second-order valence-corrected chi connectivity index (χ2v) is 4.25. The van der Waals surface area contributed by atoms with E-state index in [1.165, 1.54) is 0 Å². The smallest absolute Gasteiger partial charge is 0.256 e. The first-order chi connectivity index (χ1) is 7.74. The highest BCUT2D eigenvalue weighted by atomic mass is 15.3. The summed E-state index contributed by atoms with van der Waals surface area (Å²) in [5.74, 6) is 1.73. The van der Waals surface area contributed by atoms with Crippen molar-refractivity contribution in [3.8, 4) is 0 Å². The van der Waals surface area contributed by atoms with Gasteiger partial charge in [0.25, 0.3) is 5.78 Å². The van der Waals surface area contributed by atoms with E-state index in [1.807, 2.05) is 11.3 Å². The number of nitrogens with two attached hydrogens (primary N) is 1. The van der Waals surface area contributed by atoms with Crippen LogP contribution in [0.5, 0.6) is 0 Å². The lowest BCUT2D eigenvalue weighted by Crippen LogP contribution is -2.27. The molecule has 0 saturated carbocycles. The third kappa shape index (κ3) is 1.42. The second kappa shape index (κ2) is 3.41. The van der Waals surface area contributed by atoms with Gasteiger partial charge in [-0.3, -0.25) is 4.40 Å². The predicted molar refractivity (Wildman–Crippen MR) is 60.3 cm³/mol. The van der Waals surface area contributed by atoms with Crippen molar-refractivity contribution < 1.29 is 0 Å². The Bertz CT molecular complexity index is 519. The third-order valence-corrected chi connectivity index (χ3v) is 2.94. The van der Waals surface area contributed by atoms with Gasteiger partial charge in [0, 0.05) is 30.9 Å². The lowest BCUT2D eigenvalue weighted by molar-refractivity contribution is 0.750. The van der Waals surface area contributed by atoms with Crippen LogP contribution < -0.4 is 10.6 Å². The normalized spacial score (nSPS) is 20.9. The fourth-order valence-corrected chi connectivity index (χ4v) is 2.15. The molecule has 0 unspecified atom stereocenters. The van der Waals surface area contributed by atoms with E-state index in [0.29, 0.717) is 5.78 Å². The number of rotatable bonds is 1. The summed E-state index contributed by atoms with van der Waals surface area (Å²) in [4.78, 5) is 6.58. The number of aryl methyl sites for hydroxylation is 1. The fourth-order valence-electron chi connectivity index (χ4n) is 2.15. The Hall–Kier alpha value is -1.69. The highest BCUT2D eigenvalue weighted by molar-refractivity contribution is 5.48. The molecule has 0 aromatic carbocycles. The van der Waals surface area contributed by atoms with Crippen molar-refractivity contribution in [2.45, 2.75) is 19.4 Å². The van der Waals surface area contributed by atoms with Gasteiger partial charge in [0.2, 0.25) is 0 Å². The minimum Gasteiger partial charge on any atom is -0.356 e. The van der Waals surface area contributed by atoms with Crippen LogP contribution in [-0.2, 0) is 0 Å². The van der Waals surface area contributed by atoms with Crippen LogP contribution in [-0.4, -0.2) is 38.7 Å². The summed E-state index contributed by atoms with van der Waals surface area (Å²) in [6.45, 7) is 3.84. The van der Waals surface area contributed by atoms with Crippen molar-refractivity contribution in [3.63, 3.8) is 0 Å². The van der Waals surface area contributed by atoms with Gasteiger partial charge in [-0.05, 0) is 13.3 Å². The van der Waals surface area contributed by atoms with E-state index in [2.05, 4.69) is 26.1 Å². The second-order valence-electron chi connectivity index (χ2n) is 4.25. The zero-order valence-corrected chi connectivity index (χ0v) is 9.17. The molecule has 2 aromatic rings. The number of fused-ring (bicyclic) bond motifs is 1. The Kier molecular flexibility index (Phi) is 2.03. The monoisotopic (exact) mass is 218 g/mol. The van der Waals surface area contributed by atoms with Gasteiger partial charge >= 0.3 is 0 Å². The first-order valence-corrected chi connectivity index (χ1v) is 5.42. The summed E-state index contributed by atoms with van der Waals surface area (Å²) in [5, 5.41) is 7.86. The average molecular weight is 218 g/mol. The molecule has 0 aliphatic carbocycles. The standard InChI is InChI=1S/C10H14N6/c1-7-4-9(15-3-2-8(11)5-15)16-6-12-14-10(16)13-7/h4,6,8H,2-3,5,11H2,1H3/t8-/m1/s1. The van der Waals surface area contributed by atoms with Gasteiger partial charge in [-0.25, -0.2) is 4.98 Å². The van der Waals surface area contributed by atoms with E-state index < -0.39 is 0 Å². The quantitative estimate of drug-likeness (QED) is 0.727. The van der Waals surface area contributed by atoms with Crippen molar-refractivity contribution in [1.29, 1.82) is 0 Å². The molecular weight excluding hydrogens is 204 g/mol. The summed E-state index contributed by atoms with van der Waals surface area (Å²) in [6, 6.07) is 2.31. The molecule has 6 heteroatoms. The number of hydrogen-bond donors (Lipinski definition) is 1. The lowest BCUT2D eigenvalue weighted by Gasteiger charge is -2.19. The van der Waals surface area contributed by atoms with E-state index in [-0.39, 0.29) is 6.04 Å². The topological polar surface area (TPSA) is 72.3 Å². The Morgan fingerprint density at radius 2 is 2.38 bits per heavy atom. The predicted octanol–water partition coefficient (Wildman–Crippen LogP) is -0.0299. The maximum Gasteiger partial charge on any atom is 0.256 e. The Morgan fingerprint density at radius 3 is 3.12 bits per heavy atom. The van der Waals surface area contributed by atoms with E-state index in [9.17, 15) is 0 Å². The zero-order chi connectivity index (χ0) is 11.1. The molecule has 0 bridgehead atoms. The molecule has 0 amide bonds. The number of hydrogen-bond acceptors (Lipinski definition) is 5. The van der Waals surface area contributed by atoms with Crippen molar-refractivity contribution in [1.82, 2.24) is 19.6 Å². The maximum atomic E-state index is 5.92. The van der Waals surface area contributed by atoms with Gasteiger partial charge in [-0.1, -0.05) is 0 Å². The Morgan fingerprint density at radius 1 is 1.50 bits per heavy atom. The lowest BCUT2D eigenvalue weighted by atomic mass is 10.3. The molecule has 2 N–H and O–H groups in total. The average Bonchev–Trinajstić information content (AvgIpc) is 2.84. The number of aromatic nitrogens is 4. The zero-order valence-electron chi connectivity index (χ0n) is 9.17. The summed E-state index contributed by atoms with van der Waals surface area (Å²) < 4.78 is 1.91. The summed E-state index contributed by atoms with van der Waals surface area (Å²) >= 11 is 0. The van der Waals surface area contributed by atoms with Crippen LogP contribution in [0.3, 0.4) is 0 Å². The summed E-state index contributed by atoms with van der Waals surface area (Å²) in [5.41, 5.74) is 6.88. The molecule has 1 saturated heterocycles. The van der Waals surface area contributed by atoms with Crippen LogP contribution in [0.1, 0.15) is 12.1 Å². The van der Waals surface area contributed by atoms with E-state index in [0.717, 1.165) is 31.0 Å². The molecule has 0 spiro atoms. The summed E-state index contributed by atoms with van der Waals surface area (Å²) in [6.07, 6.45) is 2.73. The minimum atomic E-state index is 0.264. The fraction of sp³-hybridized carbons (Fsp3) is 0.500. The molecule has 3 heterocycles. The van der Waals surface area contributed by atoms with Crippen LogP contribution in [0, 0.1) is 6.92 Å². The van der Waals surface area contributed by atoms with Gasteiger partial charge in [0.1, 0.15) is 12.1 Å². The summed E-state index contributed by atoms with van der Waals surface area (Å²) in [7, 11) is 0. The molecular formula is C10H14N6. The highest BCUT2D eigenvalue weighted by Gasteiger charge is 2.21. The Labute approximate surface area is 93.1 Å². The first-order valence-electron chi connectivity index (χ1n) is 5.42. The Balaban J connectivity index is 2.11. The molecule has 1 atom stereocenters. The molecule has 1 fully saturated rings. The molecule has 6 nitrogen and oxygen atoms in total. The van der Waals surface area contributed by atoms with E-state index in [4.69, 9.17) is 5.73 Å². The third-order valence-electron chi connectivity index (χ3n) is 2.94. The van der Waals surface area contributed by atoms with Crippen molar-refractivity contribution in [3.05, 3.63) is 18.1 Å².